The molecule has 0 amide bonds. The summed E-state index contributed by atoms with van der Waals surface area (Å²) in [5, 5.41) is 11.0. The molecule has 4 nitrogen and oxygen atoms in total. The summed E-state index contributed by atoms with van der Waals surface area (Å²) >= 11 is 1.75. The van der Waals surface area contributed by atoms with Crippen molar-refractivity contribution in [3.05, 3.63) is 45.5 Å². The van der Waals surface area contributed by atoms with Crippen molar-refractivity contribution >= 4 is 17.3 Å². The molecule has 0 bridgehead atoms. The number of furan rings is 1. The second-order valence-corrected chi connectivity index (χ2v) is 5.59. The molecular weight excluding hydrogens is 262 g/mol. The van der Waals surface area contributed by atoms with Crippen LogP contribution < -0.4 is 0 Å². The Hall–Kier alpha value is -1.59. The first-order chi connectivity index (χ1) is 9.06. The molecule has 0 saturated carbocycles. The summed E-state index contributed by atoms with van der Waals surface area (Å²) in [4.78, 5) is 14.4. The highest BCUT2D eigenvalue weighted by atomic mass is 32.1. The predicted octanol–water partition coefficient (Wildman–Crippen LogP) is 3.02. The quantitative estimate of drug-likeness (QED) is 0.883. The second-order valence-electron chi connectivity index (χ2n) is 4.55. The number of likely N-dealkylation sites (N-methyl/N-ethyl adjacent to an activating group) is 1. The Morgan fingerprint density at radius 1 is 1.53 bits per heavy atom. The van der Waals surface area contributed by atoms with E-state index >= 15 is 0 Å². The molecule has 0 unspecified atom stereocenters. The van der Waals surface area contributed by atoms with Crippen molar-refractivity contribution in [1.82, 2.24) is 4.90 Å². The SMILES string of the molecule is Cc1oc(CN(C)CCc2cccs2)cc1C(=O)O. The fraction of sp³-hybridized carbons (Fsp3) is 0.357. The molecule has 2 heterocycles. The first kappa shape index (κ1) is 13.8. The Bertz CT molecular complexity index is 545. The zero-order chi connectivity index (χ0) is 13.8. The highest BCUT2D eigenvalue weighted by Gasteiger charge is 2.14. The van der Waals surface area contributed by atoms with Crippen LogP contribution in [-0.4, -0.2) is 29.6 Å². The van der Waals surface area contributed by atoms with Crippen LogP contribution in [-0.2, 0) is 13.0 Å². The molecule has 0 saturated heterocycles. The van der Waals surface area contributed by atoms with E-state index < -0.39 is 5.97 Å². The van der Waals surface area contributed by atoms with Gasteiger partial charge in [0.25, 0.3) is 0 Å². The summed E-state index contributed by atoms with van der Waals surface area (Å²) in [6, 6.07) is 5.78. The molecular formula is C14H17NO3S. The minimum absolute atomic E-state index is 0.252. The lowest BCUT2D eigenvalue weighted by atomic mass is 10.2. The van der Waals surface area contributed by atoms with Crippen LogP contribution in [0.2, 0.25) is 0 Å². The average Bonchev–Trinajstić information content (AvgIpc) is 2.96. The summed E-state index contributed by atoms with van der Waals surface area (Å²) in [7, 11) is 2.01. The number of aromatic carboxylic acids is 1. The Morgan fingerprint density at radius 3 is 2.89 bits per heavy atom. The topological polar surface area (TPSA) is 53.7 Å². The molecule has 0 aromatic carbocycles. The van der Waals surface area contributed by atoms with Crippen LogP contribution in [0.15, 0.2) is 28.0 Å². The molecule has 0 aliphatic carbocycles. The van der Waals surface area contributed by atoms with Crippen molar-refractivity contribution in [1.29, 1.82) is 0 Å². The number of hydrogen-bond donors (Lipinski definition) is 1. The van der Waals surface area contributed by atoms with Gasteiger partial charge in [0.15, 0.2) is 0 Å². The number of aryl methyl sites for hydroxylation is 1. The number of rotatable bonds is 6. The molecule has 2 aromatic rings. The lowest BCUT2D eigenvalue weighted by Crippen LogP contribution is -2.20. The van der Waals surface area contributed by atoms with Crippen LogP contribution in [0.25, 0.3) is 0 Å². The van der Waals surface area contributed by atoms with Gasteiger partial charge < -0.3 is 9.52 Å². The third kappa shape index (κ3) is 3.68. The number of carboxylic acid groups (broad SMARTS) is 1. The fourth-order valence-corrected chi connectivity index (χ4v) is 2.63. The van der Waals surface area contributed by atoms with E-state index in [9.17, 15) is 4.79 Å². The van der Waals surface area contributed by atoms with Crippen molar-refractivity contribution < 1.29 is 14.3 Å². The summed E-state index contributed by atoms with van der Waals surface area (Å²) in [5.74, 6) is 0.228. The van der Waals surface area contributed by atoms with E-state index in [-0.39, 0.29) is 5.56 Å². The maximum atomic E-state index is 10.9. The van der Waals surface area contributed by atoms with Crippen LogP contribution in [0.5, 0.6) is 0 Å². The third-order valence-corrected chi connectivity index (χ3v) is 3.88. The van der Waals surface area contributed by atoms with Gasteiger partial charge in [0, 0.05) is 11.4 Å². The van der Waals surface area contributed by atoms with Gasteiger partial charge in [-0.3, -0.25) is 4.90 Å². The van der Waals surface area contributed by atoms with Gasteiger partial charge in [-0.2, -0.15) is 0 Å². The molecule has 2 rings (SSSR count). The smallest absolute Gasteiger partial charge is 0.339 e. The zero-order valence-electron chi connectivity index (χ0n) is 11.0. The standard InChI is InChI=1S/C14H17NO3S/c1-10-13(14(16)17)8-11(18-10)9-15(2)6-5-12-4-3-7-19-12/h3-4,7-8H,5-6,9H2,1-2H3,(H,16,17). The summed E-state index contributed by atoms with van der Waals surface area (Å²) in [5.41, 5.74) is 0.252. The minimum atomic E-state index is -0.936. The molecule has 0 aliphatic heterocycles. The van der Waals surface area contributed by atoms with Crippen LogP contribution >= 0.6 is 11.3 Å². The van der Waals surface area contributed by atoms with Crippen LogP contribution in [0, 0.1) is 6.92 Å². The van der Waals surface area contributed by atoms with Gasteiger partial charge in [-0.15, -0.1) is 11.3 Å². The van der Waals surface area contributed by atoms with Gasteiger partial charge in [0.2, 0.25) is 0 Å². The molecule has 5 heteroatoms. The lowest BCUT2D eigenvalue weighted by Gasteiger charge is -2.14. The molecule has 0 atom stereocenters. The van der Waals surface area contributed by atoms with Crippen molar-refractivity contribution in [3.8, 4) is 0 Å². The number of thiophene rings is 1. The van der Waals surface area contributed by atoms with Crippen molar-refractivity contribution in [2.75, 3.05) is 13.6 Å². The third-order valence-electron chi connectivity index (χ3n) is 2.94. The monoisotopic (exact) mass is 279 g/mol. The van der Waals surface area contributed by atoms with Crippen LogP contribution in [0.3, 0.4) is 0 Å². The second kappa shape index (κ2) is 6.04. The van der Waals surface area contributed by atoms with Gasteiger partial charge in [-0.05, 0) is 37.9 Å². The zero-order valence-corrected chi connectivity index (χ0v) is 11.9. The van der Waals surface area contributed by atoms with Gasteiger partial charge in [-0.25, -0.2) is 4.79 Å². The maximum absolute atomic E-state index is 10.9. The predicted molar refractivity (Wildman–Crippen MR) is 74.8 cm³/mol. The van der Waals surface area contributed by atoms with E-state index in [2.05, 4.69) is 22.4 Å². The van der Waals surface area contributed by atoms with Crippen LogP contribution in [0.1, 0.15) is 26.8 Å². The summed E-state index contributed by atoms with van der Waals surface area (Å²) in [6.45, 7) is 3.22. The van der Waals surface area contributed by atoms with E-state index in [1.165, 1.54) is 4.88 Å². The number of hydrogen-bond acceptors (Lipinski definition) is 4. The highest BCUT2D eigenvalue weighted by molar-refractivity contribution is 7.09. The summed E-state index contributed by atoms with van der Waals surface area (Å²) < 4.78 is 5.46. The van der Waals surface area contributed by atoms with Crippen molar-refractivity contribution in [2.24, 2.45) is 0 Å². The van der Waals surface area contributed by atoms with Gasteiger partial charge in [-0.1, -0.05) is 6.07 Å². The van der Waals surface area contributed by atoms with Crippen molar-refractivity contribution in [3.63, 3.8) is 0 Å². The minimum Gasteiger partial charge on any atom is -0.478 e. The number of carboxylic acids is 1. The Kier molecular flexibility index (Phi) is 4.39. The number of nitrogens with zero attached hydrogens (tertiary/aromatic N) is 1. The van der Waals surface area contributed by atoms with E-state index in [1.807, 2.05) is 7.05 Å². The first-order valence-electron chi connectivity index (χ1n) is 6.10. The van der Waals surface area contributed by atoms with Gasteiger partial charge >= 0.3 is 5.97 Å². The molecule has 2 aromatic heterocycles. The fourth-order valence-electron chi connectivity index (χ4n) is 1.93. The van der Waals surface area contributed by atoms with E-state index in [0.717, 1.165) is 13.0 Å². The lowest BCUT2D eigenvalue weighted by molar-refractivity contribution is 0.0695. The molecule has 0 aliphatic rings. The van der Waals surface area contributed by atoms with E-state index in [4.69, 9.17) is 9.52 Å². The Morgan fingerprint density at radius 2 is 2.32 bits per heavy atom. The molecule has 0 spiro atoms. The highest BCUT2D eigenvalue weighted by Crippen LogP contribution is 2.16. The molecule has 102 valence electrons. The summed E-state index contributed by atoms with van der Waals surface area (Å²) in [6.07, 6.45) is 1.000. The molecule has 1 N–H and O–H groups in total. The van der Waals surface area contributed by atoms with Crippen molar-refractivity contribution in [2.45, 2.75) is 19.9 Å². The molecule has 0 radical (unpaired) electrons. The van der Waals surface area contributed by atoms with Gasteiger partial charge in [0.05, 0.1) is 6.54 Å². The first-order valence-corrected chi connectivity index (χ1v) is 6.97. The number of carbonyl (C=O) groups is 1. The Balaban J connectivity index is 1.89. The van der Waals surface area contributed by atoms with E-state index in [0.29, 0.717) is 18.1 Å². The largest absolute Gasteiger partial charge is 0.478 e. The average molecular weight is 279 g/mol. The van der Waals surface area contributed by atoms with Crippen LogP contribution in [0.4, 0.5) is 0 Å². The van der Waals surface area contributed by atoms with Gasteiger partial charge in [0.1, 0.15) is 17.1 Å². The maximum Gasteiger partial charge on any atom is 0.339 e. The normalized spacial score (nSPS) is 11.1. The molecule has 0 fully saturated rings. The molecule has 19 heavy (non-hydrogen) atoms. The van der Waals surface area contributed by atoms with E-state index in [1.54, 1.807) is 24.3 Å². The Labute approximate surface area is 116 Å².